The average molecular weight is 298 g/mol. The minimum absolute atomic E-state index is 0.290. The van der Waals surface area contributed by atoms with Gasteiger partial charge in [-0.2, -0.15) is 0 Å². The first-order valence-corrected chi connectivity index (χ1v) is 7.64. The van der Waals surface area contributed by atoms with E-state index in [0.717, 1.165) is 44.2 Å². The number of morpholine rings is 1. The Labute approximate surface area is 131 Å². The van der Waals surface area contributed by atoms with Gasteiger partial charge in [0.25, 0.3) is 0 Å². The molecule has 0 bridgehead atoms. The van der Waals surface area contributed by atoms with E-state index >= 15 is 0 Å². The SMILES string of the molecule is CN(c1ccc(O)cc1)c1ccc(CN2CCOCC2)cc1. The van der Waals surface area contributed by atoms with Gasteiger partial charge in [-0.1, -0.05) is 12.1 Å². The van der Waals surface area contributed by atoms with Gasteiger partial charge in [-0.3, -0.25) is 4.90 Å². The van der Waals surface area contributed by atoms with Crippen LogP contribution in [0, 0.1) is 0 Å². The quantitative estimate of drug-likeness (QED) is 0.941. The molecular formula is C18H22N2O2. The molecule has 1 aliphatic heterocycles. The number of phenols is 1. The standard InChI is InChI=1S/C18H22N2O2/c1-19(17-6-8-18(21)9-7-17)16-4-2-15(3-5-16)14-20-10-12-22-13-11-20/h2-9,21H,10-14H2,1H3. The van der Waals surface area contributed by atoms with Gasteiger partial charge in [0.15, 0.2) is 0 Å². The summed E-state index contributed by atoms with van der Waals surface area (Å²) in [7, 11) is 2.03. The number of anilines is 2. The van der Waals surface area contributed by atoms with Gasteiger partial charge in [0.1, 0.15) is 5.75 Å². The van der Waals surface area contributed by atoms with E-state index in [1.54, 1.807) is 12.1 Å². The number of nitrogens with zero attached hydrogens (tertiary/aromatic N) is 2. The highest BCUT2D eigenvalue weighted by Gasteiger charge is 2.11. The summed E-state index contributed by atoms with van der Waals surface area (Å²) in [5, 5.41) is 9.37. The Morgan fingerprint density at radius 1 is 0.955 bits per heavy atom. The molecule has 1 fully saturated rings. The normalized spacial score (nSPS) is 15.7. The number of ether oxygens (including phenoxy) is 1. The maximum absolute atomic E-state index is 9.37. The van der Waals surface area contributed by atoms with Gasteiger partial charge >= 0.3 is 0 Å². The predicted octanol–water partition coefficient (Wildman–Crippen LogP) is 2.99. The van der Waals surface area contributed by atoms with Gasteiger partial charge in [0.05, 0.1) is 13.2 Å². The second kappa shape index (κ2) is 6.81. The maximum Gasteiger partial charge on any atom is 0.115 e. The van der Waals surface area contributed by atoms with Crippen molar-refractivity contribution in [3.63, 3.8) is 0 Å². The summed E-state index contributed by atoms with van der Waals surface area (Å²) in [5.74, 6) is 0.290. The van der Waals surface area contributed by atoms with Crippen molar-refractivity contribution in [2.24, 2.45) is 0 Å². The van der Waals surface area contributed by atoms with Crippen molar-refractivity contribution >= 4 is 11.4 Å². The number of phenolic OH excluding ortho intramolecular Hbond substituents is 1. The van der Waals surface area contributed by atoms with Crippen LogP contribution in [0.2, 0.25) is 0 Å². The van der Waals surface area contributed by atoms with E-state index in [4.69, 9.17) is 4.74 Å². The van der Waals surface area contributed by atoms with E-state index in [0.29, 0.717) is 0 Å². The van der Waals surface area contributed by atoms with Gasteiger partial charge in [0.2, 0.25) is 0 Å². The summed E-state index contributed by atoms with van der Waals surface area (Å²) >= 11 is 0. The number of hydrogen-bond acceptors (Lipinski definition) is 4. The van der Waals surface area contributed by atoms with E-state index < -0.39 is 0 Å². The van der Waals surface area contributed by atoms with E-state index in [9.17, 15) is 5.11 Å². The molecule has 0 amide bonds. The van der Waals surface area contributed by atoms with Crippen molar-refractivity contribution in [1.29, 1.82) is 0 Å². The van der Waals surface area contributed by atoms with Gasteiger partial charge < -0.3 is 14.7 Å². The molecule has 0 aliphatic carbocycles. The largest absolute Gasteiger partial charge is 0.508 e. The summed E-state index contributed by atoms with van der Waals surface area (Å²) < 4.78 is 5.38. The first kappa shape index (κ1) is 14.9. The second-order valence-corrected chi connectivity index (χ2v) is 5.63. The second-order valence-electron chi connectivity index (χ2n) is 5.63. The number of rotatable bonds is 4. The topological polar surface area (TPSA) is 35.9 Å². The molecule has 116 valence electrons. The Morgan fingerprint density at radius 2 is 1.50 bits per heavy atom. The van der Waals surface area contributed by atoms with Gasteiger partial charge in [0, 0.05) is 38.1 Å². The molecule has 22 heavy (non-hydrogen) atoms. The Hall–Kier alpha value is -2.04. The molecular weight excluding hydrogens is 276 g/mol. The molecule has 0 unspecified atom stereocenters. The highest BCUT2D eigenvalue weighted by Crippen LogP contribution is 2.25. The third kappa shape index (κ3) is 3.59. The highest BCUT2D eigenvalue weighted by atomic mass is 16.5. The third-order valence-corrected chi connectivity index (χ3v) is 4.07. The molecule has 1 N–H and O–H groups in total. The molecule has 2 aromatic rings. The van der Waals surface area contributed by atoms with Crippen LogP contribution in [0.25, 0.3) is 0 Å². The summed E-state index contributed by atoms with van der Waals surface area (Å²) in [6.07, 6.45) is 0. The lowest BCUT2D eigenvalue weighted by atomic mass is 10.1. The fourth-order valence-electron chi connectivity index (χ4n) is 2.67. The lowest BCUT2D eigenvalue weighted by molar-refractivity contribution is 0.0342. The zero-order valence-electron chi connectivity index (χ0n) is 12.9. The summed E-state index contributed by atoms with van der Waals surface area (Å²) in [5.41, 5.74) is 3.51. The Kier molecular flexibility index (Phi) is 4.61. The van der Waals surface area contributed by atoms with Gasteiger partial charge in [-0.05, 0) is 42.0 Å². The van der Waals surface area contributed by atoms with Crippen LogP contribution in [0.5, 0.6) is 5.75 Å². The van der Waals surface area contributed by atoms with Crippen molar-refractivity contribution in [2.75, 3.05) is 38.3 Å². The van der Waals surface area contributed by atoms with Crippen LogP contribution >= 0.6 is 0 Å². The predicted molar refractivity (Wildman–Crippen MR) is 88.7 cm³/mol. The van der Waals surface area contributed by atoms with Crippen LogP contribution < -0.4 is 4.90 Å². The molecule has 1 saturated heterocycles. The van der Waals surface area contributed by atoms with Crippen LogP contribution in [0.4, 0.5) is 11.4 Å². The van der Waals surface area contributed by atoms with E-state index in [-0.39, 0.29) is 5.75 Å². The zero-order chi connectivity index (χ0) is 15.4. The fourth-order valence-corrected chi connectivity index (χ4v) is 2.67. The van der Waals surface area contributed by atoms with Crippen molar-refractivity contribution in [3.05, 3.63) is 54.1 Å². The fraction of sp³-hybridized carbons (Fsp3) is 0.333. The summed E-state index contributed by atoms with van der Waals surface area (Å²) in [6, 6.07) is 15.9. The third-order valence-electron chi connectivity index (χ3n) is 4.07. The molecule has 0 spiro atoms. The van der Waals surface area contributed by atoms with Gasteiger partial charge in [-0.15, -0.1) is 0 Å². The van der Waals surface area contributed by atoms with Crippen LogP contribution in [-0.2, 0) is 11.3 Å². The number of aromatic hydroxyl groups is 1. The molecule has 3 rings (SSSR count). The Balaban J connectivity index is 1.66. The molecule has 4 nitrogen and oxygen atoms in total. The van der Waals surface area contributed by atoms with Crippen molar-refractivity contribution in [3.8, 4) is 5.75 Å². The first-order chi connectivity index (χ1) is 10.7. The molecule has 0 atom stereocenters. The molecule has 1 heterocycles. The minimum Gasteiger partial charge on any atom is -0.508 e. The first-order valence-electron chi connectivity index (χ1n) is 7.64. The summed E-state index contributed by atoms with van der Waals surface area (Å²) in [4.78, 5) is 4.53. The smallest absolute Gasteiger partial charge is 0.115 e. The van der Waals surface area contributed by atoms with Crippen LogP contribution in [0.15, 0.2) is 48.5 Å². The van der Waals surface area contributed by atoms with Crippen molar-refractivity contribution in [1.82, 2.24) is 4.90 Å². The molecule has 0 saturated carbocycles. The summed E-state index contributed by atoms with van der Waals surface area (Å²) in [6.45, 7) is 4.67. The zero-order valence-corrected chi connectivity index (χ0v) is 12.9. The van der Waals surface area contributed by atoms with E-state index in [1.165, 1.54) is 5.56 Å². The van der Waals surface area contributed by atoms with E-state index in [2.05, 4.69) is 34.1 Å². The number of hydrogen-bond donors (Lipinski definition) is 1. The minimum atomic E-state index is 0.290. The molecule has 0 radical (unpaired) electrons. The Bertz CT molecular complexity index is 589. The molecule has 1 aliphatic rings. The average Bonchev–Trinajstić information content (AvgIpc) is 2.57. The van der Waals surface area contributed by atoms with Crippen molar-refractivity contribution < 1.29 is 9.84 Å². The van der Waals surface area contributed by atoms with Crippen LogP contribution in [0.3, 0.4) is 0 Å². The number of benzene rings is 2. The monoisotopic (exact) mass is 298 g/mol. The Morgan fingerprint density at radius 3 is 2.09 bits per heavy atom. The van der Waals surface area contributed by atoms with Crippen molar-refractivity contribution in [2.45, 2.75) is 6.54 Å². The highest BCUT2D eigenvalue weighted by molar-refractivity contribution is 5.63. The molecule has 0 aromatic heterocycles. The lowest BCUT2D eigenvalue weighted by Gasteiger charge is -2.27. The van der Waals surface area contributed by atoms with Crippen LogP contribution in [0.1, 0.15) is 5.56 Å². The molecule has 4 heteroatoms. The maximum atomic E-state index is 9.37. The van der Waals surface area contributed by atoms with Crippen LogP contribution in [-0.4, -0.2) is 43.4 Å². The van der Waals surface area contributed by atoms with E-state index in [1.807, 2.05) is 19.2 Å². The van der Waals surface area contributed by atoms with Gasteiger partial charge in [-0.25, -0.2) is 0 Å². The lowest BCUT2D eigenvalue weighted by Crippen LogP contribution is -2.35. The molecule has 2 aromatic carbocycles.